The van der Waals surface area contributed by atoms with Crippen LogP contribution in [0.15, 0.2) is 0 Å². The van der Waals surface area contributed by atoms with Gasteiger partial charge in [-0.1, -0.05) is 0 Å². The second-order valence-electron chi connectivity index (χ2n) is 0.394. The maximum absolute atomic E-state index is 9.01. The average molecular weight is 115 g/mol. The van der Waals surface area contributed by atoms with Gasteiger partial charge < -0.3 is 5.11 Å². The predicted molar refractivity (Wildman–Crippen MR) is 23.7 cm³/mol. The first-order valence-electron chi connectivity index (χ1n) is 0.781. The van der Waals surface area contributed by atoms with Gasteiger partial charge in [0.05, 0.1) is 0 Å². The van der Waals surface area contributed by atoms with E-state index in [4.69, 9.17) is 9.90 Å². The van der Waals surface area contributed by atoms with Gasteiger partial charge in [-0.25, -0.2) is 0 Å². The van der Waals surface area contributed by atoms with Crippen LogP contribution < -0.4 is 0 Å². The fourth-order valence-corrected chi connectivity index (χ4v) is 0. The molecule has 1 radical (unpaired) electrons. The van der Waals surface area contributed by atoms with Crippen LogP contribution in [0.4, 0.5) is 4.79 Å². The predicted octanol–water partition coefficient (Wildman–Crippen LogP) is -1.35. The Morgan fingerprint density at radius 1 is 1.80 bits per heavy atom. The SMILES string of the molecule is O=[C](O)[AlH].[CaH2]. The molecule has 25 valence electrons. The van der Waals surface area contributed by atoms with Crippen LogP contribution >= 0.6 is 0 Å². The van der Waals surface area contributed by atoms with E-state index in [1.165, 1.54) is 0 Å². The molecule has 0 spiro atoms. The molecule has 1 N–H and O–H groups in total. The Balaban J connectivity index is 0. The van der Waals surface area contributed by atoms with E-state index in [0.29, 0.717) is 0 Å². The van der Waals surface area contributed by atoms with Gasteiger partial charge in [-0.15, -0.1) is 0 Å². The summed E-state index contributed by atoms with van der Waals surface area (Å²) in [6, 6.07) is 0. The molecule has 2 nitrogen and oxygen atoms in total. The molecular weight excluding hydrogens is 111 g/mol. The van der Waals surface area contributed by atoms with E-state index < -0.39 is 4.83 Å². The van der Waals surface area contributed by atoms with Crippen LogP contribution in [0.3, 0.4) is 0 Å². The first-order valence-corrected chi connectivity index (χ1v) is 1.49. The van der Waals surface area contributed by atoms with Gasteiger partial charge in [0.25, 0.3) is 0 Å². The summed E-state index contributed by atoms with van der Waals surface area (Å²) in [4.78, 5) is 8.21. The Labute approximate surface area is 68.0 Å². The molecule has 0 saturated heterocycles. The van der Waals surface area contributed by atoms with Gasteiger partial charge in [-0.05, 0) is 0 Å². The standard InChI is InChI=1S/CHO2.Al.Ca.3H/c2-1-3;;;;;/h(H,2,3);;;;;. The molecule has 5 heavy (non-hydrogen) atoms. The zero-order valence-corrected chi connectivity index (χ0v) is 3.48. The van der Waals surface area contributed by atoms with Gasteiger partial charge in [-0.2, -0.15) is 0 Å². The van der Waals surface area contributed by atoms with Crippen molar-refractivity contribution in [3.63, 3.8) is 0 Å². The van der Waals surface area contributed by atoms with Crippen LogP contribution in [0, 0.1) is 0 Å². The minimum absolute atomic E-state index is 0. The summed E-state index contributed by atoms with van der Waals surface area (Å²) in [6.07, 6.45) is 0. The number of carboxylic acid groups (broad SMARTS) is 1. The van der Waals surface area contributed by atoms with Crippen molar-refractivity contribution in [2.24, 2.45) is 0 Å². The fraction of sp³-hybridized carbons (Fsp3) is 0. The van der Waals surface area contributed by atoms with Gasteiger partial charge in [-0.3, -0.25) is 4.79 Å². The Hall–Kier alpha value is 1.26. The van der Waals surface area contributed by atoms with Crippen LogP contribution in [0.1, 0.15) is 0 Å². The van der Waals surface area contributed by atoms with E-state index in [9.17, 15) is 0 Å². The molecule has 0 unspecified atom stereocenters. The average Bonchev–Trinajstić information content (AvgIpc) is 0.811. The zero-order valence-electron chi connectivity index (χ0n) is 2.06. The number of hydrogen-bond acceptors (Lipinski definition) is 1. The van der Waals surface area contributed by atoms with Crippen molar-refractivity contribution in [1.29, 1.82) is 0 Å². The molecule has 0 amide bonds. The molecule has 0 aromatic rings. The van der Waals surface area contributed by atoms with Crippen LogP contribution in [0.25, 0.3) is 0 Å². The van der Waals surface area contributed by atoms with E-state index in [1.807, 2.05) is 0 Å². The summed E-state index contributed by atoms with van der Waals surface area (Å²) in [6.45, 7) is 0. The third-order valence-electron chi connectivity index (χ3n) is 0. The second kappa shape index (κ2) is 5.26. The molecule has 4 heteroatoms. The van der Waals surface area contributed by atoms with Crippen LogP contribution in [0.5, 0.6) is 0 Å². The first-order chi connectivity index (χ1) is 1.73. The van der Waals surface area contributed by atoms with E-state index in [2.05, 4.69) is 0 Å². The van der Waals surface area contributed by atoms with Gasteiger partial charge in [0.15, 0.2) is 4.83 Å². The van der Waals surface area contributed by atoms with E-state index >= 15 is 0 Å². The van der Waals surface area contributed by atoms with E-state index in [-0.39, 0.29) is 37.7 Å². The summed E-state index contributed by atoms with van der Waals surface area (Å²) < 4.78 is 0. The quantitative estimate of drug-likeness (QED) is 0.396. The topological polar surface area (TPSA) is 37.3 Å². The number of rotatable bonds is 0. The normalized spacial score (nSPS) is 4.80. The minimum atomic E-state index is -0.806. The summed E-state index contributed by atoms with van der Waals surface area (Å²) >= 11 is 0.920. The fourth-order valence-electron chi connectivity index (χ4n) is 0. The van der Waals surface area contributed by atoms with Crippen molar-refractivity contribution >= 4 is 58.9 Å². The maximum atomic E-state index is 9.01. The summed E-state index contributed by atoms with van der Waals surface area (Å²) in [5.74, 6) is 0. The van der Waals surface area contributed by atoms with Crippen molar-refractivity contribution in [3.8, 4) is 0 Å². The molecular formula is CH4AlCaO2. The molecule has 0 fully saturated rings. The summed E-state index contributed by atoms with van der Waals surface area (Å²) in [7, 11) is 0. The molecule has 0 saturated carbocycles. The van der Waals surface area contributed by atoms with Gasteiger partial charge in [0.1, 0.15) is 0 Å². The van der Waals surface area contributed by atoms with E-state index in [0.717, 1.165) is 16.3 Å². The molecule has 0 heterocycles. The molecule has 0 aliphatic heterocycles. The van der Waals surface area contributed by atoms with Crippen molar-refractivity contribution in [1.82, 2.24) is 0 Å². The third kappa shape index (κ3) is 35.2. The van der Waals surface area contributed by atoms with Crippen molar-refractivity contribution in [2.45, 2.75) is 0 Å². The zero-order chi connectivity index (χ0) is 3.58. The van der Waals surface area contributed by atoms with Crippen LogP contribution in [-0.2, 0) is 0 Å². The molecule has 0 bridgehead atoms. The van der Waals surface area contributed by atoms with Crippen LogP contribution in [0.2, 0.25) is 0 Å². The molecule has 0 atom stereocenters. The first kappa shape index (κ1) is 9.55. The molecule has 0 aromatic carbocycles. The Morgan fingerprint density at radius 2 is 1.80 bits per heavy atom. The Kier molecular flexibility index (Phi) is 10.0. The summed E-state index contributed by atoms with van der Waals surface area (Å²) in [5.41, 5.74) is 0. The Bertz CT molecular complexity index is 32.6. The second-order valence-corrected chi connectivity index (χ2v) is 0.999. The monoisotopic (exact) mass is 115 g/mol. The molecule has 0 aliphatic carbocycles. The molecule has 0 aliphatic rings. The molecule has 0 aromatic heterocycles. The third-order valence-corrected chi connectivity index (χ3v) is 0. The number of hydrogen-bond donors (Lipinski definition) is 1. The van der Waals surface area contributed by atoms with Crippen LogP contribution in [-0.4, -0.2) is 64.0 Å². The van der Waals surface area contributed by atoms with Gasteiger partial charge >= 0.3 is 54.0 Å². The van der Waals surface area contributed by atoms with Gasteiger partial charge in [0.2, 0.25) is 0 Å². The van der Waals surface area contributed by atoms with Crippen molar-refractivity contribution in [2.75, 3.05) is 0 Å². The Morgan fingerprint density at radius 3 is 1.80 bits per heavy atom. The summed E-state index contributed by atoms with van der Waals surface area (Å²) in [5, 5.41) is 7.43. The molecule has 0 rings (SSSR count). The number of carbonyl (C=O) groups is 1. The van der Waals surface area contributed by atoms with Crippen molar-refractivity contribution < 1.29 is 9.90 Å². The van der Waals surface area contributed by atoms with E-state index in [1.54, 1.807) is 0 Å². The van der Waals surface area contributed by atoms with Gasteiger partial charge in [0, 0.05) is 0 Å². The van der Waals surface area contributed by atoms with Crippen molar-refractivity contribution in [3.05, 3.63) is 0 Å².